The minimum absolute atomic E-state index is 0.162. The number of carboxylic acids is 1. The first-order chi connectivity index (χ1) is 14.5. The van der Waals surface area contributed by atoms with E-state index in [4.69, 9.17) is 14.4 Å². The van der Waals surface area contributed by atoms with E-state index in [1.54, 1.807) is 36.4 Å². The minimum atomic E-state index is -1.70. The summed E-state index contributed by atoms with van der Waals surface area (Å²) in [4.78, 5) is 33.1. The highest BCUT2D eigenvalue weighted by molar-refractivity contribution is 6.04. The van der Waals surface area contributed by atoms with Gasteiger partial charge in [0, 0.05) is 5.56 Å². The summed E-state index contributed by atoms with van der Waals surface area (Å²) < 4.78 is 5.59. The quantitative estimate of drug-likeness (QED) is 0.475. The van der Waals surface area contributed by atoms with Gasteiger partial charge in [-0.3, -0.25) is 14.4 Å². The number of nitrogens with zero attached hydrogens (tertiary/aromatic N) is 2. The lowest BCUT2D eigenvalue weighted by Crippen LogP contribution is -2.45. The minimum Gasteiger partial charge on any atom is -0.507 e. The number of aromatic nitrogens is 1. The van der Waals surface area contributed by atoms with Crippen LogP contribution in [0.2, 0.25) is 0 Å². The van der Waals surface area contributed by atoms with E-state index in [1.165, 1.54) is 6.07 Å². The van der Waals surface area contributed by atoms with Crippen LogP contribution in [0.1, 0.15) is 11.5 Å². The molecule has 1 amide bonds. The maximum absolute atomic E-state index is 12.4. The molecule has 0 saturated heterocycles. The van der Waals surface area contributed by atoms with Crippen molar-refractivity contribution < 1.29 is 34.2 Å². The molecule has 4 N–H and O–H groups in total. The van der Waals surface area contributed by atoms with Crippen molar-refractivity contribution in [1.29, 1.82) is 0 Å². The third kappa shape index (κ3) is 3.56. The Balaban J connectivity index is 1.62. The first kappa shape index (κ1) is 19.4. The van der Waals surface area contributed by atoms with Gasteiger partial charge in [0.15, 0.2) is 18.4 Å². The van der Waals surface area contributed by atoms with Crippen molar-refractivity contribution in [2.75, 3.05) is 11.6 Å². The van der Waals surface area contributed by atoms with E-state index >= 15 is 0 Å². The molecular weight excluding hydrogens is 394 g/mol. The zero-order valence-electron chi connectivity index (χ0n) is 15.5. The molecule has 0 saturated carbocycles. The molecule has 10 heteroatoms. The van der Waals surface area contributed by atoms with Crippen LogP contribution in [-0.2, 0) is 21.0 Å². The first-order valence-corrected chi connectivity index (χ1v) is 8.93. The second-order valence-electron chi connectivity index (χ2n) is 6.40. The molecular formula is C20H17N3O7. The number of hydroxylamine groups is 1. The predicted octanol–water partition coefficient (Wildman–Crippen LogP) is 1.57. The smallest absolute Gasteiger partial charge is 0.322 e. The standard InChI is InChI=1S/C20H17N3O7/c24-16(25)9-21-19(27)17-18(26)11-5-1-3-7-13(11)23(20(17)28)29-10-15-22-12-6-2-4-8-14(12)30-15/h1-8,20,26,28H,9-10H2,(H,21,27)(H,24,25). The number of amides is 1. The van der Waals surface area contributed by atoms with Gasteiger partial charge in [0.2, 0.25) is 5.89 Å². The Bertz CT molecular complexity index is 1120. The SMILES string of the molecule is O=C(O)CNC(=O)C1=C(O)c2ccccc2N(OCc2nc3ccccc3o2)C1O. The van der Waals surface area contributed by atoms with Crippen LogP contribution in [0, 0.1) is 0 Å². The molecule has 10 nitrogen and oxygen atoms in total. The summed E-state index contributed by atoms with van der Waals surface area (Å²) in [5.41, 5.74) is 1.32. The summed E-state index contributed by atoms with van der Waals surface area (Å²) in [6, 6.07) is 13.6. The highest BCUT2D eigenvalue weighted by Gasteiger charge is 2.37. The van der Waals surface area contributed by atoms with Crippen molar-refractivity contribution in [3.8, 4) is 0 Å². The highest BCUT2D eigenvalue weighted by Crippen LogP contribution is 2.36. The number of rotatable bonds is 6. The number of para-hydroxylation sites is 3. The summed E-state index contributed by atoms with van der Waals surface area (Å²) in [6.45, 7) is -0.835. The lowest BCUT2D eigenvalue weighted by atomic mass is 9.99. The third-order valence-electron chi connectivity index (χ3n) is 4.44. The van der Waals surface area contributed by atoms with Gasteiger partial charge >= 0.3 is 5.97 Å². The molecule has 0 radical (unpaired) electrons. The molecule has 2 aromatic carbocycles. The van der Waals surface area contributed by atoms with Gasteiger partial charge < -0.3 is 25.1 Å². The second kappa shape index (κ2) is 7.85. The average Bonchev–Trinajstić information content (AvgIpc) is 3.15. The van der Waals surface area contributed by atoms with Gasteiger partial charge in [0.25, 0.3) is 5.91 Å². The Morgan fingerprint density at radius 3 is 2.67 bits per heavy atom. The number of aliphatic hydroxyl groups is 2. The number of nitrogens with one attached hydrogen (secondary N) is 1. The Morgan fingerprint density at radius 1 is 1.17 bits per heavy atom. The Kier molecular flexibility index (Phi) is 5.09. The van der Waals surface area contributed by atoms with Crippen molar-refractivity contribution >= 4 is 34.4 Å². The zero-order chi connectivity index (χ0) is 21.3. The summed E-state index contributed by atoms with van der Waals surface area (Å²) in [6.07, 6.45) is -1.70. The van der Waals surface area contributed by atoms with Gasteiger partial charge in [-0.05, 0) is 24.3 Å². The third-order valence-corrected chi connectivity index (χ3v) is 4.44. The zero-order valence-corrected chi connectivity index (χ0v) is 15.5. The number of hydrogen-bond acceptors (Lipinski definition) is 8. The van der Waals surface area contributed by atoms with E-state index in [2.05, 4.69) is 10.3 Å². The Labute approximate surface area is 169 Å². The number of carbonyl (C=O) groups is 2. The molecule has 0 bridgehead atoms. The molecule has 154 valence electrons. The fourth-order valence-corrected chi connectivity index (χ4v) is 3.10. The number of fused-ring (bicyclic) bond motifs is 2. The topological polar surface area (TPSA) is 145 Å². The monoisotopic (exact) mass is 411 g/mol. The maximum atomic E-state index is 12.4. The normalized spacial score (nSPS) is 15.9. The lowest BCUT2D eigenvalue weighted by Gasteiger charge is -2.34. The summed E-state index contributed by atoms with van der Waals surface area (Å²) in [5.74, 6) is -2.43. The molecule has 30 heavy (non-hydrogen) atoms. The maximum Gasteiger partial charge on any atom is 0.322 e. The van der Waals surface area contributed by atoms with Crippen molar-refractivity contribution in [1.82, 2.24) is 10.3 Å². The molecule has 0 spiro atoms. The van der Waals surface area contributed by atoms with Crippen molar-refractivity contribution in [3.05, 3.63) is 65.6 Å². The Morgan fingerprint density at radius 2 is 1.90 bits per heavy atom. The summed E-state index contributed by atoms with van der Waals surface area (Å²) in [7, 11) is 0. The van der Waals surface area contributed by atoms with Crippen LogP contribution in [0.5, 0.6) is 0 Å². The summed E-state index contributed by atoms with van der Waals surface area (Å²) in [5, 5.41) is 33.2. The fraction of sp³-hybridized carbons (Fsp3) is 0.150. The molecule has 1 unspecified atom stereocenters. The van der Waals surface area contributed by atoms with Gasteiger partial charge in [-0.15, -0.1) is 0 Å². The highest BCUT2D eigenvalue weighted by atomic mass is 16.7. The number of carboxylic acid groups (broad SMARTS) is 1. The number of hydrogen-bond donors (Lipinski definition) is 4. The number of anilines is 1. The van der Waals surface area contributed by atoms with Crippen LogP contribution < -0.4 is 10.4 Å². The van der Waals surface area contributed by atoms with Crippen LogP contribution in [0.3, 0.4) is 0 Å². The second-order valence-corrected chi connectivity index (χ2v) is 6.40. The number of benzene rings is 2. The van der Waals surface area contributed by atoms with E-state index in [9.17, 15) is 19.8 Å². The molecule has 1 aromatic heterocycles. The van der Waals surface area contributed by atoms with Crippen LogP contribution in [-0.4, -0.2) is 45.0 Å². The largest absolute Gasteiger partial charge is 0.507 e. The molecule has 4 rings (SSSR count). The summed E-state index contributed by atoms with van der Waals surface area (Å²) >= 11 is 0. The van der Waals surface area contributed by atoms with Crippen molar-refractivity contribution in [2.24, 2.45) is 0 Å². The lowest BCUT2D eigenvalue weighted by molar-refractivity contribution is -0.137. The van der Waals surface area contributed by atoms with E-state index in [1.807, 2.05) is 6.07 Å². The van der Waals surface area contributed by atoms with E-state index in [0.717, 1.165) is 5.06 Å². The van der Waals surface area contributed by atoms with Gasteiger partial charge in [0.1, 0.15) is 23.4 Å². The number of carbonyl (C=O) groups excluding carboxylic acids is 1. The molecule has 0 fully saturated rings. The van der Waals surface area contributed by atoms with Gasteiger partial charge in [-0.1, -0.05) is 24.3 Å². The number of aliphatic hydroxyl groups excluding tert-OH is 2. The predicted molar refractivity (Wildman–Crippen MR) is 104 cm³/mol. The number of aliphatic carboxylic acids is 1. The fourth-order valence-electron chi connectivity index (χ4n) is 3.10. The van der Waals surface area contributed by atoms with E-state index in [-0.39, 0.29) is 18.1 Å². The van der Waals surface area contributed by atoms with Gasteiger partial charge in [-0.2, -0.15) is 0 Å². The van der Waals surface area contributed by atoms with E-state index in [0.29, 0.717) is 16.8 Å². The van der Waals surface area contributed by atoms with Gasteiger partial charge in [-0.25, -0.2) is 10.0 Å². The Hall–Kier alpha value is -3.89. The average molecular weight is 411 g/mol. The van der Waals surface area contributed by atoms with Crippen LogP contribution in [0.15, 0.2) is 58.5 Å². The first-order valence-electron chi connectivity index (χ1n) is 8.93. The van der Waals surface area contributed by atoms with Crippen molar-refractivity contribution in [2.45, 2.75) is 12.8 Å². The molecule has 1 aliphatic rings. The van der Waals surface area contributed by atoms with Crippen molar-refractivity contribution in [3.63, 3.8) is 0 Å². The van der Waals surface area contributed by atoms with Crippen LogP contribution in [0.25, 0.3) is 16.9 Å². The molecule has 1 aliphatic heterocycles. The van der Waals surface area contributed by atoms with E-state index < -0.39 is 36.0 Å². The molecule has 2 heterocycles. The molecule has 0 aliphatic carbocycles. The molecule has 3 aromatic rings. The number of oxazole rings is 1. The van der Waals surface area contributed by atoms with Gasteiger partial charge in [0.05, 0.1) is 5.69 Å². The molecule has 1 atom stereocenters. The van der Waals surface area contributed by atoms with Crippen LogP contribution >= 0.6 is 0 Å². The van der Waals surface area contributed by atoms with Crippen LogP contribution in [0.4, 0.5) is 5.69 Å².